The van der Waals surface area contributed by atoms with Crippen LogP contribution in [0.4, 0.5) is 0 Å². The van der Waals surface area contributed by atoms with Crippen LogP contribution in [0.5, 0.6) is 0 Å². The molecule has 0 aliphatic carbocycles. The molecule has 0 spiro atoms. The summed E-state index contributed by atoms with van der Waals surface area (Å²) in [4.78, 5) is 13.3. The molecule has 40 valence electrons. The Balaban J connectivity index is 3.00. The second-order valence-corrected chi connectivity index (χ2v) is 0.850. The Kier molecular flexibility index (Phi) is 3.26. The van der Waals surface area contributed by atoms with E-state index in [4.69, 9.17) is 5.90 Å². The maximum atomic E-state index is 9.90. The van der Waals surface area contributed by atoms with E-state index in [1.807, 2.05) is 0 Å². The molecule has 0 aromatic carbocycles. The number of carbonyl (C=O) groups is 1. The first-order valence-corrected chi connectivity index (χ1v) is 1.64. The molecule has 0 aliphatic heterocycles. The van der Waals surface area contributed by atoms with Crippen molar-refractivity contribution in [2.24, 2.45) is 0 Å². The summed E-state index contributed by atoms with van der Waals surface area (Å²) in [5.41, 5.74) is 0. The molecule has 0 unspecified atom stereocenters. The van der Waals surface area contributed by atoms with Crippen molar-refractivity contribution in [2.45, 2.75) is 0 Å². The fourth-order valence-corrected chi connectivity index (χ4v) is 0.112. The van der Waals surface area contributed by atoms with Crippen LogP contribution in [-0.2, 0) is 14.4 Å². The van der Waals surface area contributed by atoms with E-state index in [0.717, 1.165) is 0 Å². The summed E-state index contributed by atoms with van der Waals surface area (Å²) in [5, 5.41) is 0. The van der Waals surface area contributed by atoms with Crippen LogP contribution < -0.4 is 5.90 Å². The van der Waals surface area contributed by atoms with Gasteiger partial charge in [0.1, 0.15) is 0 Å². The first-order valence-electron chi connectivity index (χ1n) is 1.64. The van der Waals surface area contributed by atoms with E-state index < -0.39 is 12.6 Å². The molecule has 4 heteroatoms. The minimum absolute atomic E-state index is 0.406. The van der Waals surface area contributed by atoms with E-state index in [1.54, 1.807) is 0 Å². The summed E-state index contributed by atoms with van der Waals surface area (Å²) in [7, 11) is 1.21. The second kappa shape index (κ2) is 3.58. The molecule has 0 atom stereocenters. The van der Waals surface area contributed by atoms with Gasteiger partial charge < -0.3 is 4.74 Å². The normalized spacial score (nSPS) is 8.29. The predicted molar refractivity (Wildman–Crippen MR) is 20.1 cm³/mol. The highest BCUT2D eigenvalue weighted by atomic mass is 16.6. The number of hydrogen-bond donors (Lipinski definition) is 0. The number of hydrogen-bond acceptors (Lipinski definition) is 3. The monoisotopic (exact) mass is 103 g/mol. The Labute approximate surface area is 41.2 Å². The van der Waals surface area contributed by atoms with Gasteiger partial charge in [0.25, 0.3) is 0 Å². The lowest BCUT2D eigenvalue weighted by Crippen LogP contribution is -2.08. The molecule has 0 bridgehead atoms. The summed E-state index contributed by atoms with van der Waals surface area (Å²) < 4.78 is 4.07. The van der Waals surface area contributed by atoms with Gasteiger partial charge in [-0.1, -0.05) is 0 Å². The average molecular weight is 103 g/mol. The van der Waals surface area contributed by atoms with Crippen molar-refractivity contribution in [1.82, 2.24) is 5.90 Å². The van der Waals surface area contributed by atoms with Crippen molar-refractivity contribution < 1.29 is 14.4 Å². The predicted octanol–water partition coefficient (Wildman–Crippen LogP) is -0.840. The first kappa shape index (κ1) is 6.39. The number of ether oxygens (including phenoxy) is 1. The van der Waals surface area contributed by atoms with Crippen LogP contribution in [-0.4, -0.2) is 19.7 Å². The van der Waals surface area contributed by atoms with Gasteiger partial charge in [0, 0.05) is 5.90 Å². The van der Waals surface area contributed by atoms with Crippen molar-refractivity contribution in [3.8, 4) is 0 Å². The molecular weight excluding hydrogens is 98.0 g/mol. The number of esters is 1. The molecular formula is C3H5NO3. The Morgan fingerprint density at radius 2 is 2.43 bits per heavy atom. The van der Waals surface area contributed by atoms with Crippen LogP contribution in [0, 0.1) is 0 Å². The molecule has 7 heavy (non-hydrogen) atoms. The smallest absolute Gasteiger partial charge is 0.334 e. The van der Waals surface area contributed by atoms with E-state index in [1.165, 1.54) is 7.11 Å². The summed E-state index contributed by atoms with van der Waals surface area (Å²) in [6, 6.07) is 0. The Morgan fingerprint density at radius 3 is 2.57 bits per heavy atom. The van der Waals surface area contributed by atoms with Crippen LogP contribution >= 0.6 is 0 Å². The lowest BCUT2D eigenvalue weighted by atomic mass is 10.7. The first-order chi connectivity index (χ1) is 3.31. The number of carbonyl (C=O) groups excluding carboxylic acids is 1. The fraction of sp³-hybridized carbons (Fsp3) is 0.667. The molecule has 0 rings (SSSR count). The van der Waals surface area contributed by atoms with E-state index in [0.29, 0.717) is 0 Å². The minimum Gasteiger partial charge on any atom is -0.467 e. The molecule has 0 N–H and O–H groups in total. The highest BCUT2D eigenvalue weighted by Crippen LogP contribution is 1.70. The molecule has 0 aliphatic rings. The third-order valence-corrected chi connectivity index (χ3v) is 0.410. The van der Waals surface area contributed by atoms with Crippen LogP contribution in [0.25, 0.3) is 0 Å². The van der Waals surface area contributed by atoms with Crippen LogP contribution in [0.1, 0.15) is 0 Å². The average Bonchev–Trinajstić information content (AvgIpc) is 1.68. The Morgan fingerprint density at radius 1 is 1.86 bits per heavy atom. The van der Waals surface area contributed by atoms with Gasteiger partial charge in [-0.3, -0.25) is 4.84 Å². The zero-order valence-corrected chi connectivity index (χ0v) is 3.88. The van der Waals surface area contributed by atoms with Crippen LogP contribution in [0.3, 0.4) is 0 Å². The lowest BCUT2D eigenvalue weighted by Gasteiger charge is -1.90. The van der Waals surface area contributed by atoms with Gasteiger partial charge in [0.2, 0.25) is 0 Å². The molecule has 0 fully saturated rings. The number of methoxy groups -OCH3 is 1. The second-order valence-electron chi connectivity index (χ2n) is 0.850. The van der Waals surface area contributed by atoms with E-state index in [2.05, 4.69) is 9.57 Å². The van der Waals surface area contributed by atoms with Gasteiger partial charge in [0.15, 0.2) is 6.61 Å². The summed E-state index contributed by atoms with van der Waals surface area (Å²) >= 11 is 0. The fourth-order valence-electron chi connectivity index (χ4n) is 0.112. The minimum atomic E-state index is -0.595. The van der Waals surface area contributed by atoms with Crippen molar-refractivity contribution >= 4 is 5.97 Å². The van der Waals surface area contributed by atoms with Crippen LogP contribution in [0.2, 0.25) is 0 Å². The summed E-state index contributed by atoms with van der Waals surface area (Å²) in [5.74, 6) is 6.97. The maximum absolute atomic E-state index is 9.90. The van der Waals surface area contributed by atoms with Gasteiger partial charge in [-0.2, -0.15) is 0 Å². The quantitative estimate of drug-likeness (QED) is 0.338. The molecule has 0 aromatic rings. The van der Waals surface area contributed by atoms with Crippen LogP contribution in [0.15, 0.2) is 0 Å². The Bertz CT molecular complexity index is 63.2. The third-order valence-electron chi connectivity index (χ3n) is 0.410. The van der Waals surface area contributed by atoms with Gasteiger partial charge in [-0.05, 0) is 0 Å². The SMILES string of the molecule is COC(=O)CO[N]. The van der Waals surface area contributed by atoms with Gasteiger partial charge >= 0.3 is 5.97 Å². The molecule has 4 nitrogen and oxygen atoms in total. The topological polar surface area (TPSA) is 57.8 Å². The molecule has 2 radical (unpaired) electrons. The summed E-state index contributed by atoms with van der Waals surface area (Å²) in [6.07, 6.45) is 0. The largest absolute Gasteiger partial charge is 0.467 e. The standard InChI is InChI=1S/C3H5NO3/c1-6-3(5)2-7-4/h2H2,1H3. The van der Waals surface area contributed by atoms with Crippen molar-refractivity contribution in [3.63, 3.8) is 0 Å². The molecule has 0 amide bonds. The van der Waals surface area contributed by atoms with E-state index in [-0.39, 0.29) is 0 Å². The number of rotatable bonds is 2. The van der Waals surface area contributed by atoms with E-state index in [9.17, 15) is 4.79 Å². The molecule has 0 aromatic heterocycles. The number of nitrogens with zero attached hydrogens (tertiary/aromatic N) is 1. The third kappa shape index (κ3) is 3.21. The van der Waals surface area contributed by atoms with Crippen molar-refractivity contribution in [3.05, 3.63) is 0 Å². The highest BCUT2D eigenvalue weighted by molar-refractivity contribution is 5.70. The molecule has 0 saturated heterocycles. The van der Waals surface area contributed by atoms with Crippen molar-refractivity contribution in [2.75, 3.05) is 13.7 Å². The van der Waals surface area contributed by atoms with Gasteiger partial charge in [0.05, 0.1) is 7.11 Å². The molecule has 0 heterocycles. The lowest BCUT2D eigenvalue weighted by molar-refractivity contribution is -0.146. The van der Waals surface area contributed by atoms with Gasteiger partial charge in [-0.25, -0.2) is 4.79 Å². The zero-order chi connectivity index (χ0) is 5.70. The maximum Gasteiger partial charge on any atom is 0.334 e. The van der Waals surface area contributed by atoms with E-state index >= 15 is 0 Å². The van der Waals surface area contributed by atoms with Gasteiger partial charge in [-0.15, -0.1) is 0 Å². The Hall–Kier alpha value is -0.610. The van der Waals surface area contributed by atoms with Crippen molar-refractivity contribution in [1.29, 1.82) is 0 Å². The zero-order valence-electron chi connectivity index (χ0n) is 3.88. The highest BCUT2D eigenvalue weighted by Gasteiger charge is 1.95. The molecule has 0 saturated carbocycles. The summed E-state index contributed by atoms with van der Waals surface area (Å²) in [6.45, 7) is -0.406.